The number of aromatic nitrogens is 3. The Kier molecular flexibility index (Phi) is 4.89. The summed E-state index contributed by atoms with van der Waals surface area (Å²) >= 11 is 0. The van der Waals surface area contributed by atoms with Gasteiger partial charge in [0.2, 0.25) is 0 Å². The predicted molar refractivity (Wildman–Crippen MR) is 100.0 cm³/mol. The lowest BCUT2D eigenvalue weighted by molar-refractivity contribution is 0.193. The molecule has 1 fully saturated rings. The van der Waals surface area contributed by atoms with Crippen LogP contribution in [0.5, 0.6) is 0 Å². The highest BCUT2D eigenvalue weighted by molar-refractivity contribution is 5.62. The summed E-state index contributed by atoms with van der Waals surface area (Å²) in [4.78, 5) is 4.73. The van der Waals surface area contributed by atoms with Gasteiger partial charge in [0, 0.05) is 30.6 Å². The van der Waals surface area contributed by atoms with Crippen LogP contribution < -0.4 is 0 Å². The van der Waals surface area contributed by atoms with Gasteiger partial charge in [-0.25, -0.2) is 4.98 Å². The highest BCUT2D eigenvalue weighted by Crippen LogP contribution is 2.33. The Labute approximate surface area is 154 Å². The van der Waals surface area contributed by atoms with E-state index in [1.54, 1.807) is 0 Å². The Hall–Kier alpha value is -2.40. The Morgan fingerprint density at radius 2 is 2.08 bits per heavy atom. The van der Waals surface area contributed by atoms with Gasteiger partial charge in [0.15, 0.2) is 0 Å². The third-order valence-electron chi connectivity index (χ3n) is 4.79. The normalized spacial score (nSPS) is 17.3. The fourth-order valence-electron chi connectivity index (χ4n) is 3.62. The Bertz CT molecular complexity index is 845. The van der Waals surface area contributed by atoms with Crippen LogP contribution in [0.1, 0.15) is 43.3 Å². The molecule has 0 N–H and O–H groups in total. The summed E-state index contributed by atoms with van der Waals surface area (Å²) < 4.78 is 13.4. The first-order valence-electron chi connectivity index (χ1n) is 9.33. The fourth-order valence-corrected chi connectivity index (χ4v) is 3.62. The van der Waals surface area contributed by atoms with E-state index in [1.165, 1.54) is 5.69 Å². The maximum absolute atomic E-state index is 5.65. The second-order valence-corrected chi connectivity index (χ2v) is 7.42. The van der Waals surface area contributed by atoms with Crippen LogP contribution in [0.2, 0.25) is 0 Å². The van der Waals surface area contributed by atoms with Gasteiger partial charge in [0.25, 0.3) is 0 Å². The van der Waals surface area contributed by atoms with E-state index in [0.29, 0.717) is 18.4 Å². The molecule has 1 aromatic carbocycles. The molecule has 0 bridgehead atoms. The van der Waals surface area contributed by atoms with Gasteiger partial charge < -0.3 is 13.8 Å². The van der Waals surface area contributed by atoms with Gasteiger partial charge in [-0.15, -0.1) is 0 Å². The number of nitrogens with zero attached hydrogens (tertiary/aromatic N) is 3. The van der Waals surface area contributed by atoms with Crippen molar-refractivity contribution in [3.63, 3.8) is 0 Å². The third-order valence-corrected chi connectivity index (χ3v) is 4.79. The molecule has 2 aromatic heterocycles. The molecule has 0 saturated carbocycles. The minimum Gasteiger partial charge on any atom is -0.381 e. The monoisotopic (exact) mass is 351 g/mol. The summed E-state index contributed by atoms with van der Waals surface area (Å²) in [6, 6.07) is 12.4. The Morgan fingerprint density at radius 3 is 2.81 bits per heavy atom. The molecule has 3 aromatic rings. The van der Waals surface area contributed by atoms with Crippen LogP contribution in [0.4, 0.5) is 0 Å². The number of rotatable bonds is 6. The number of benzene rings is 1. The fraction of sp³-hybridized carbons (Fsp3) is 0.429. The topological polar surface area (TPSA) is 53.1 Å². The average molecular weight is 351 g/mol. The molecule has 26 heavy (non-hydrogen) atoms. The molecule has 0 radical (unpaired) electrons. The van der Waals surface area contributed by atoms with Crippen LogP contribution >= 0.6 is 0 Å². The maximum Gasteiger partial charge on any atom is 0.137 e. The second kappa shape index (κ2) is 7.46. The van der Waals surface area contributed by atoms with Crippen molar-refractivity contribution in [2.24, 2.45) is 5.92 Å². The first kappa shape index (κ1) is 17.0. The highest BCUT2D eigenvalue weighted by Gasteiger charge is 2.26. The van der Waals surface area contributed by atoms with Crippen LogP contribution in [0, 0.1) is 5.92 Å². The van der Waals surface area contributed by atoms with Crippen molar-refractivity contribution in [1.82, 2.24) is 14.7 Å². The lowest BCUT2D eigenvalue weighted by Gasteiger charge is -2.14. The molecule has 3 heterocycles. The van der Waals surface area contributed by atoms with Gasteiger partial charge in [0.05, 0.1) is 30.9 Å². The lowest BCUT2D eigenvalue weighted by atomic mass is 9.99. The molecule has 1 aliphatic rings. The first-order chi connectivity index (χ1) is 12.7. The summed E-state index contributed by atoms with van der Waals surface area (Å²) in [6.07, 6.45) is 3.87. The number of imidazole rings is 1. The molecule has 4 rings (SSSR count). The molecule has 1 saturated heterocycles. The van der Waals surface area contributed by atoms with E-state index in [0.717, 1.165) is 48.8 Å². The van der Waals surface area contributed by atoms with Crippen molar-refractivity contribution in [2.45, 2.75) is 39.2 Å². The van der Waals surface area contributed by atoms with E-state index < -0.39 is 0 Å². The second-order valence-electron chi connectivity index (χ2n) is 7.42. The van der Waals surface area contributed by atoms with E-state index in [-0.39, 0.29) is 0 Å². The molecule has 0 spiro atoms. The quantitative estimate of drug-likeness (QED) is 0.665. The number of ether oxygens (including phenoxy) is 1. The standard InChI is InChI=1S/C21H25N3O2/c1-15(2)10-19-11-18(23-26-19)12-24-14-22-20(16-6-4-3-5-7-16)21(24)17-8-9-25-13-17/h3-7,11,14-15,17H,8-10,12-13H2,1-2H3. The molecule has 1 unspecified atom stereocenters. The summed E-state index contributed by atoms with van der Waals surface area (Å²) in [5, 5.41) is 4.26. The molecule has 136 valence electrons. The van der Waals surface area contributed by atoms with E-state index in [4.69, 9.17) is 14.2 Å². The van der Waals surface area contributed by atoms with E-state index in [9.17, 15) is 0 Å². The zero-order chi connectivity index (χ0) is 17.9. The highest BCUT2D eigenvalue weighted by atomic mass is 16.5. The van der Waals surface area contributed by atoms with Crippen molar-refractivity contribution in [2.75, 3.05) is 13.2 Å². The van der Waals surface area contributed by atoms with Gasteiger partial charge in [-0.2, -0.15) is 0 Å². The van der Waals surface area contributed by atoms with Gasteiger partial charge in [-0.3, -0.25) is 0 Å². The zero-order valence-corrected chi connectivity index (χ0v) is 15.4. The van der Waals surface area contributed by atoms with Crippen LogP contribution in [0.15, 0.2) is 47.2 Å². The predicted octanol–water partition coefficient (Wildman–Crippen LogP) is 4.29. The lowest BCUT2D eigenvalue weighted by Crippen LogP contribution is -2.10. The first-order valence-corrected chi connectivity index (χ1v) is 9.33. The third kappa shape index (κ3) is 3.58. The van der Waals surface area contributed by atoms with Gasteiger partial charge in [-0.05, 0) is 12.3 Å². The van der Waals surface area contributed by atoms with Crippen molar-refractivity contribution in [1.29, 1.82) is 0 Å². The van der Waals surface area contributed by atoms with Crippen molar-refractivity contribution in [3.05, 3.63) is 59.9 Å². The number of hydrogen-bond donors (Lipinski definition) is 0. The minimum absolute atomic E-state index is 0.370. The van der Waals surface area contributed by atoms with Crippen LogP contribution in [0.25, 0.3) is 11.3 Å². The maximum atomic E-state index is 5.65. The molecular formula is C21H25N3O2. The van der Waals surface area contributed by atoms with Crippen LogP contribution in [-0.4, -0.2) is 27.9 Å². The van der Waals surface area contributed by atoms with Crippen LogP contribution in [0.3, 0.4) is 0 Å². The van der Waals surface area contributed by atoms with E-state index in [2.05, 4.69) is 53.9 Å². The molecule has 1 atom stereocenters. The molecule has 5 heteroatoms. The molecule has 0 aliphatic carbocycles. The molecule has 1 aliphatic heterocycles. The van der Waals surface area contributed by atoms with Gasteiger partial charge >= 0.3 is 0 Å². The molecule has 0 amide bonds. The SMILES string of the molecule is CC(C)Cc1cc(Cn2cnc(-c3ccccc3)c2C2CCOC2)no1. The molecule has 5 nitrogen and oxygen atoms in total. The average Bonchev–Trinajstić information content (AvgIpc) is 3.36. The summed E-state index contributed by atoms with van der Waals surface area (Å²) in [7, 11) is 0. The Morgan fingerprint density at radius 1 is 1.23 bits per heavy atom. The smallest absolute Gasteiger partial charge is 0.137 e. The van der Waals surface area contributed by atoms with E-state index >= 15 is 0 Å². The Balaban J connectivity index is 1.65. The summed E-state index contributed by atoms with van der Waals surface area (Å²) in [5.41, 5.74) is 4.38. The summed E-state index contributed by atoms with van der Waals surface area (Å²) in [5.74, 6) is 1.87. The zero-order valence-electron chi connectivity index (χ0n) is 15.4. The van der Waals surface area contributed by atoms with Crippen molar-refractivity contribution < 1.29 is 9.26 Å². The van der Waals surface area contributed by atoms with E-state index in [1.807, 2.05) is 12.4 Å². The summed E-state index contributed by atoms with van der Waals surface area (Å²) in [6.45, 7) is 6.60. The molecular weight excluding hydrogens is 326 g/mol. The van der Waals surface area contributed by atoms with Crippen molar-refractivity contribution >= 4 is 0 Å². The van der Waals surface area contributed by atoms with Gasteiger partial charge in [-0.1, -0.05) is 49.3 Å². The van der Waals surface area contributed by atoms with Crippen molar-refractivity contribution in [3.8, 4) is 11.3 Å². The van der Waals surface area contributed by atoms with Crippen LogP contribution in [-0.2, 0) is 17.7 Å². The largest absolute Gasteiger partial charge is 0.381 e. The van der Waals surface area contributed by atoms with Gasteiger partial charge in [0.1, 0.15) is 11.5 Å². The number of hydrogen-bond acceptors (Lipinski definition) is 4. The minimum atomic E-state index is 0.370.